The zero-order valence-electron chi connectivity index (χ0n) is 8.53. The van der Waals surface area contributed by atoms with E-state index in [4.69, 9.17) is 10.5 Å². The van der Waals surface area contributed by atoms with Gasteiger partial charge in [-0.05, 0) is 34.7 Å². The van der Waals surface area contributed by atoms with Crippen molar-refractivity contribution in [3.8, 4) is 12.1 Å². The second-order valence-electron chi connectivity index (χ2n) is 3.17. The Bertz CT molecular complexity index is 655. The van der Waals surface area contributed by atoms with Crippen molar-refractivity contribution >= 4 is 39.2 Å². The van der Waals surface area contributed by atoms with Gasteiger partial charge in [0.15, 0.2) is 0 Å². The number of H-pyrrole nitrogens is 1. The van der Waals surface area contributed by atoms with E-state index in [1.54, 1.807) is 12.1 Å². The lowest BCUT2D eigenvalue weighted by molar-refractivity contribution is 1.09. The second-order valence-corrected chi connectivity index (χ2v) is 4.24. The SMILES string of the molecule is N#CC(C#N)=CNc1cccc2c(I)[nH]nc12. The summed E-state index contributed by atoms with van der Waals surface area (Å²) in [5.41, 5.74) is 1.56. The zero-order chi connectivity index (χ0) is 12.3. The number of nitriles is 2. The van der Waals surface area contributed by atoms with Gasteiger partial charge in [0, 0.05) is 11.6 Å². The Morgan fingerprint density at radius 3 is 2.88 bits per heavy atom. The molecule has 0 fully saturated rings. The third kappa shape index (κ3) is 2.22. The Hall–Kier alpha value is -2.06. The molecule has 0 atom stereocenters. The van der Waals surface area contributed by atoms with Crippen LogP contribution in [0.3, 0.4) is 0 Å². The minimum atomic E-state index is 0.0206. The number of nitrogens with zero attached hydrogens (tertiary/aromatic N) is 3. The summed E-state index contributed by atoms with van der Waals surface area (Å²) >= 11 is 2.16. The standard InChI is InChI=1S/C11H6IN5/c12-11-8-2-1-3-9(10(8)16-17-11)15-6-7(4-13)5-14/h1-3,6,15H,(H,16,17). The highest BCUT2D eigenvalue weighted by Gasteiger charge is 2.06. The molecule has 0 aliphatic rings. The molecule has 1 aromatic carbocycles. The van der Waals surface area contributed by atoms with Gasteiger partial charge in [0.1, 0.15) is 26.9 Å². The molecule has 0 saturated heterocycles. The molecular formula is C11H6IN5. The van der Waals surface area contributed by atoms with Crippen LogP contribution in [0.5, 0.6) is 0 Å². The number of aromatic nitrogens is 2. The fraction of sp³-hybridized carbons (Fsp3) is 0. The fourth-order valence-corrected chi connectivity index (χ4v) is 1.92. The molecule has 0 radical (unpaired) electrons. The van der Waals surface area contributed by atoms with Crippen molar-refractivity contribution < 1.29 is 0 Å². The second kappa shape index (κ2) is 4.85. The summed E-state index contributed by atoms with van der Waals surface area (Å²) in [5.74, 6) is 0. The maximum absolute atomic E-state index is 8.62. The van der Waals surface area contributed by atoms with Crippen LogP contribution in [0.25, 0.3) is 10.9 Å². The summed E-state index contributed by atoms with van der Waals surface area (Å²) < 4.78 is 0.950. The number of hydrogen-bond donors (Lipinski definition) is 2. The van der Waals surface area contributed by atoms with E-state index < -0.39 is 0 Å². The first-order valence-corrected chi connectivity index (χ1v) is 5.73. The van der Waals surface area contributed by atoms with Crippen LogP contribution in [-0.4, -0.2) is 10.2 Å². The van der Waals surface area contributed by atoms with Gasteiger partial charge in [0.05, 0.1) is 5.69 Å². The molecular weight excluding hydrogens is 329 g/mol. The smallest absolute Gasteiger partial charge is 0.145 e. The molecule has 0 amide bonds. The molecule has 6 heteroatoms. The highest BCUT2D eigenvalue weighted by molar-refractivity contribution is 14.1. The van der Waals surface area contributed by atoms with Gasteiger partial charge in [-0.25, -0.2) is 0 Å². The molecule has 2 aromatic rings. The molecule has 0 aliphatic carbocycles. The van der Waals surface area contributed by atoms with Crippen molar-refractivity contribution in [2.24, 2.45) is 0 Å². The molecule has 0 aliphatic heterocycles. The van der Waals surface area contributed by atoms with Crippen molar-refractivity contribution in [2.45, 2.75) is 0 Å². The maximum atomic E-state index is 8.62. The van der Waals surface area contributed by atoms with E-state index in [-0.39, 0.29) is 5.57 Å². The van der Waals surface area contributed by atoms with Crippen molar-refractivity contribution in [3.05, 3.63) is 33.7 Å². The Morgan fingerprint density at radius 2 is 2.18 bits per heavy atom. The minimum Gasteiger partial charge on any atom is -0.358 e. The summed E-state index contributed by atoms with van der Waals surface area (Å²) in [6, 6.07) is 9.23. The number of rotatable bonds is 2. The summed E-state index contributed by atoms with van der Waals surface area (Å²) in [6.07, 6.45) is 1.37. The molecule has 2 rings (SSSR count). The lowest BCUT2D eigenvalue weighted by Gasteiger charge is -2.00. The van der Waals surface area contributed by atoms with Crippen LogP contribution in [0.15, 0.2) is 30.0 Å². The van der Waals surface area contributed by atoms with Crippen molar-refractivity contribution in [1.82, 2.24) is 10.2 Å². The Balaban J connectivity index is 2.41. The largest absolute Gasteiger partial charge is 0.358 e. The number of para-hydroxylation sites is 1. The number of halogens is 1. The van der Waals surface area contributed by atoms with Crippen molar-refractivity contribution in [3.63, 3.8) is 0 Å². The van der Waals surface area contributed by atoms with Crippen LogP contribution >= 0.6 is 22.6 Å². The molecule has 17 heavy (non-hydrogen) atoms. The minimum absolute atomic E-state index is 0.0206. The van der Waals surface area contributed by atoms with Crippen LogP contribution in [0.2, 0.25) is 0 Å². The zero-order valence-corrected chi connectivity index (χ0v) is 10.7. The summed E-state index contributed by atoms with van der Waals surface area (Å²) in [4.78, 5) is 0. The van der Waals surface area contributed by atoms with Crippen LogP contribution in [0, 0.1) is 26.4 Å². The molecule has 0 spiro atoms. The average Bonchev–Trinajstić information content (AvgIpc) is 2.73. The van der Waals surface area contributed by atoms with Gasteiger partial charge in [0.25, 0.3) is 0 Å². The van der Waals surface area contributed by atoms with Gasteiger partial charge < -0.3 is 5.32 Å². The maximum Gasteiger partial charge on any atom is 0.145 e. The van der Waals surface area contributed by atoms with E-state index in [2.05, 4.69) is 38.1 Å². The number of allylic oxidation sites excluding steroid dienone is 1. The Labute approximate surface area is 111 Å². The number of benzene rings is 1. The highest BCUT2D eigenvalue weighted by atomic mass is 127. The normalized spacial score (nSPS) is 9.35. The lowest BCUT2D eigenvalue weighted by Crippen LogP contribution is -1.90. The molecule has 0 saturated carbocycles. The summed E-state index contributed by atoms with van der Waals surface area (Å²) in [6.45, 7) is 0. The van der Waals surface area contributed by atoms with E-state index in [0.717, 1.165) is 20.3 Å². The number of nitrogens with one attached hydrogen (secondary N) is 2. The molecule has 82 valence electrons. The molecule has 0 unspecified atom stereocenters. The van der Waals surface area contributed by atoms with Crippen LogP contribution in [0.1, 0.15) is 0 Å². The predicted molar refractivity (Wildman–Crippen MR) is 71.7 cm³/mol. The van der Waals surface area contributed by atoms with E-state index in [1.807, 2.05) is 18.2 Å². The van der Waals surface area contributed by atoms with Gasteiger partial charge >= 0.3 is 0 Å². The van der Waals surface area contributed by atoms with Crippen molar-refractivity contribution in [1.29, 1.82) is 10.5 Å². The summed E-state index contributed by atoms with van der Waals surface area (Å²) in [7, 11) is 0. The molecule has 5 nitrogen and oxygen atoms in total. The van der Waals surface area contributed by atoms with Gasteiger partial charge in [-0.3, -0.25) is 5.10 Å². The Kier molecular flexibility index (Phi) is 3.26. The predicted octanol–water partition coefficient (Wildman–Crippen LogP) is 2.51. The molecule has 1 heterocycles. The molecule has 1 aromatic heterocycles. The fourth-order valence-electron chi connectivity index (χ4n) is 1.36. The van der Waals surface area contributed by atoms with Crippen LogP contribution < -0.4 is 5.32 Å². The number of fused-ring (bicyclic) bond motifs is 1. The van der Waals surface area contributed by atoms with E-state index in [9.17, 15) is 0 Å². The highest BCUT2D eigenvalue weighted by Crippen LogP contribution is 2.24. The van der Waals surface area contributed by atoms with Crippen LogP contribution in [-0.2, 0) is 0 Å². The number of anilines is 1. The topological polar surface area (TPSA) is 88.3 Å². The van der Waals surface area contributed by atoms with E-state index >= 15 is 0 Å². The lowest BCUT2D eigenvalue weighted by atomic mass is 10.2. The number of hydrogen-bond acceptors (Lipinski definition) is 4. The van der Waals surface area contributed by atoms with Gasteiger partial charge in [0.2, 0.25) is 0 Å². The first kappa shape index (κ1) is 11.4. The van der Waals surface area contributed by atoms with Crippen LogP contribution in [0.4, 0.5) is 5.69 Å². The van der Waals surface area contributed by atoms with Gasteiger partial charge in [-0.15, -0.1) is 0 Å². The van der Waals surface area contributed by atoms with Crippen molar-refractivity contribution in [2.75, 3.05) is 5.32 Å². The molecule has 2 N–H and O–H groups in total. The molecule has 0 bridgehead atoms. The Morgan fingerprint density at radius 1 is 1.41 bits per heavy atom. The quantitative estimate of drug-likeness (QED) is 0.652. The third-order valence-electron chi connectivity index (χ3n) is 2.15. The monoisotopic (exact) mass is 335 g/mol. The first-order chi connectivity index (χ1) is 8.26. The average molecular weight is 335 g/mol. The number of aromatic amines is 1. The van der Waals surface area contributed by atoms with Gasteiger partial charge in [-0.2, -0.15) is 15.6 Å². The first-order valence-electron chi connectivity index (χ1n) is 4.65. The van der Waals surface area contributed by atoms with E-state index in [1.165, 1.54) is 6.20 Å². The van der Waals surface area contributed by atoms with E-state index in [0.29, 0.717) is 0 Å². The third-order valence-corrected chi connectivity index (χ3v) is 2.97. The van der Waals surface area contributed by atoms with Gasteiger partial charge in [-0.1, -0.05) is 6.07 Å². The summed E-state index contributed by atoms with van der Waals surface area (Å²) in [5, 5.41) is 28.2.